The molecule has 1 heterocycles. The van der Waals surface area contributed by atoms with Crippen molar-refractivity contribution in [2.24, 2.45) is 5.92 Å². The molecule has 0 N–H and O–H groups in total. The molecule has 0 aliphatic heterocycles. The quantitative estimate of drug-likeness (QED) is 0.586. The lowest BCUT2D eigenvalue weighted by atomic mass is 10.1. The number of furan rings is 1. The smallest absolute Gasteiger partial charge is 0.250 e. The number of hydrogen-bond donors (Lipinski definition) is 0. The van der Waals surface area contributed by atoms with E-state index < -0.39 is 4.92 Å². The Morgan fingerprint density at radius 1 is 1.67 bits per heavy atom. The van der Waals surface area contributed by atoms with Crippen LogP contribution in [-0.4, -0.2) is 4.92 Å². The second-order valence-corrected chi connectivity index (χ2v) is 4.01. The van der Waals surface area contributed by atoms with Gasteiger partial charge in [0.25, 0.3) is 0 Å². The van der Waals surface area contributed by atoms with Gasteiger partial charge in [-0.1, -0.05) is 13.8 Å². The normalized spacial score (nSPS) is 12.1. The maximum atomic E-state index is 10.7. The molecule has 0 bridgehead atoms. The lowest BCUT2D eigenvalue weighted by Gasteiger charge is -2.00. The Morgan fingerprint density at radius 2 is 2.33 bits per heavy atom. The van der Waals surface area contributed by atoms with Crippen molar-refractivity contribution in [3.8, 4) is 0 Å². The molecule has 0 radical (unpaired) electrons. The molecule has 0 amide bonds. The highest BCUT2D eigenvalue weighted by Crippen LogP contribution is 2.19. The van der Waals surface area contributed by atoms with Crippen molar-refractivity contribution in [1.29, 1.82) is 0 Å². The third-order valence-electron chi connectivity index (χ3n) is 1.75. The average Bonchev–Trinajstić information content (AvgIpc) is 2.49. The zero-order valence-electron chi connectivity index (χ0n) is 8.57. The van der Waals surface area contributed by atoms with Crippen LogP contribution in [0, 0.1) is 16.0 Å². The third-order valence-corrected chi connectivity index (χ3v) is 1.96. The van der Waals surface area contributed by atoms with Gasteiger partial charge in [-0.2, -0.15) is 0 Å². The van der Waals surface area contributed by atoms with Crippen LogP contribution in [0.25, 0.3) is 6.08 Å². The van der Waals surface area contributed by atoms with Crippen molar-refractivity contribution in [3.05, 3.63) is 38.9 Å². The van der Waals surface area contributed by atoms with Gasteiger partial charge in [0.1, 0.15) is 5.76 Å². The van der Waals surface area contributed by atoms with Crippen LogP contribution in [-0.2, 0) is 0 Å². The fourth-order valence-corrected chi connectivity index (χ4v) is 1.33. The number of hydrogen-bond acceptors (Lipinski definition) is 3. The standard InChI is InChI=1S/C10H12ClNO3/c1-7(2)5-8(12(13)14)6-9-3-4-10(11)15-9/h3-4,6-7H,5H2,1-2H3. The van der Waals surface area contributed by atoms with Crippen molar-refractivity contribution < 1.29 is 9.34 Å². The first kappa shape index (κ1) is 11.8. The zero-order valence-corrected chi connectivity index (χ0v) is 9.32. The van der Waals surface area contributed by atoms with E-state index >= 15 is 0 Å². The molecule has 1 rings (SSSR count). The van der Waals surface area contributed by atoms with E-state index in [0.29, 0.717) is 12.2 Å². The van der Waals surface area contributed by atoms with Crippen molar-refractivity contribution >= 4 is 17.7 Å². The van der Waals surface area contributed by atoms with Crippen LogP contribution in [0.5, 0.6) is 0 Å². The van der Waals surface area contributed by atoms with Crippen LogP contribution >= 0.6 is 11.6 Å². The highest BCUT2D eigenvalue weighted by atomic mass is 35.5. The summed E-state index contributed by atoms with van der Waals surface area (Å²) in [6, 6.07) is 3.16. The van der Waals surface area contributed by atoms with Crippen molar-refractivity contribution in [2.75, 3.05) is 0 Å². The van der Waals surface area contributed by atoms with Crippen molar-refractivity contribution in [3.63, 3.8) is 0 Å². The summed E-state index contributed by atoms with van der Waals surface area (Å²) in [5.41, 5.74) is 0.135. The number of nitrogens with zero attached hydrogens (tertiary/aromatic N) is 1. The average molecular weight is 230 g/mol. The first-order valence-electron chi connectivity index (χ1n) is 4.59. The van der Waals surface area contributed by atoms with E-state index in [2.05, 4.69) is 0 Å². The van der Waals surface area contributed by atoms with Crippen LogP contribution in [0.1, 0.15) is 26.0 Å². The lowest BCUT2D eigenvalue weighted by Crippen LogP contribution is -2.02. The monoisotopic (exact) mass is 229 g/mol. The molecule has 82 valence electrons. The topological polar surface area (TPSA) is 56.3 Å². The number of nitro groups is 1. The van der Waals surface area contributed by atoms with Gasteiger partial charge < -0.3 is 4.42 Å². The predicted octanol–water partition coefficient (Wildman–Crippen LogP) is 3.60. The molecule has 0 spiro atoms. The highest BCUT2D eigenvalue weighted by Gasteiger charge is 2.14. The SMILES string of the molecule is CC(C)CC(=Cc1ccc(Cl)o1)[N+](=O)[O-]. The van der Waals surface area contributed by atoms with Crippen molar-refractivity contribution in [1.82, 2.24) is 0 Å². The van der Waals surface area contributed by atoms with Gasteiger partial charge in [0, 0.05) is 6.42 Å². The molecule has 0 aliphatic carbocycles. The van der Waals surface area contributed by atoms with E-state index in [1.165, 1.54) is 6.08 Å². The number of halogens is 1. The Kier molecular flexibility index (Phi) is 3.91. The first-order valence-corrected chi connectivity index (χ1v) is 4.97. The minimum Gasteiger partial charge on any atom is -0.445 e. The van der Waals surface area contributed by atoms with Gasteiger partial charge in [-0.15, -0.1) is 0 Å². The van der Waals surface area contributed by atoms with Crippen molar-refractivity contribution in [2.45, 2.75) is 20.3 Å². The maximum Gasteiger partial charge on any atom is 0.250 e. The maximum absolute atomic E-state index is 10.7. The molecule has 0 aliphatic rings. The summed E-state index contributed by atoms with van der Waals surface area (Å²) >= 11 is 5.56. The van der Waals surface area contributed by atoms with Gasteiger partial charge in [-0.05, 0) is 29.7 Å². The summed E-state index contributed by atoms with van der Waals surface area (Å²) in [5, 5.41) is 10.9. The molecule has 1 aromatic rings. The first-order chi connectivity index (χ1) is 6.99. The Morgan fingerprint density at radius 3 is 2.73 bits per heavy atom. The van der Waals surface area contributed by atoms with Gasteiger partial charge in [0.15, 0.2) is 5.22 Å². The van der Waals surface area contributed by atoms with E-state index in [4.69, 9.17) is 16.0 Å². The van der Waals surface area contributed by atoms with Crippen LogP contribution < -0.4 is 0 Å². The van der Waals surface area contributed by atoms with Gasteiger partial charge >= 0.3 is 0 Å². The molecule has 4 nitrogen and oxygen atoms in total. The number of allylic oxidation sites excluding steroid dienone is 1. The van der Waals surface area contributed by atoms with Crippen LogP contribution in [0.2, 0.25) is 5.22 Å². The third kappa shape index (κ3) is 3.75. The molecule has 0 aromatic carbocycles. The lowest BCUT2D eigenvalue weighted by molar-refractivity contribution is -0.427. The van der Waals surface area contributed by atoms with E-state index in [9.17, 15) is 10.1 Å². The van der Waals surface area contributed by atoms with Gasteiger partial charge in [0.05, 0.1) is 11.0 Å². The molecule has 5 heteroatoms. The molecule has 0 unspecified atom stereocenters. The summed E-state index contributed by atoms with van der Waals surface area (Å²) in [5.74, 6) is 0.638. The van der Waals surface area contributed by atoms with Gasteiger partial charge in [0.2, 0.25) is 5.70 Å². The fourth-order valence-electron chi connectivity index (χ4n) is 1.17. The van der Waals surface area contributed by atoms with E-state index in [-0.39, 0.29) is 16.8 Å². The van der Waals surface area contributed by atoms with E-state index in [1.54, 1.807) is 12.1 Å². The second kappa shape index (κ2) is 4.98. The molecule has 15 heavy (non-hydrogen) atoms. The van der Waals surface area contributed by atoms with E-state index in [0.717, 1.165) is 0 Å². The molecular weight excluding hydrogens is 218 g/mol. The predicted molar refractivity (Wildman–Crippen MR) is 58.1 cm³/mol. The summed E-state index contributed by atoms with van der Waals surface area (Å²) in [4.78, 5) is 10.3. The molecular formula is C10H12ClNO3. The van der Waals surface area contributed by atoms with Crippen LogP contribution in [0.4, 0.5) is 0 Å². The molecule has 0 saturated carbocycles. The minimum absolute atomic E-state index is 0.135. The summed E-state index contributed by atoms with van der Waals surface area (Å²) < 4.78 is 5.03. The Hall–Kier alpha value is -1.29. The van der Waals surface area contributed by atoms with Crippen LogP contribution in [0.15, 0.2) is 22.2 Å². The largest absolute Gasteiger partial charge is 0.445 e. The Balaban J connectivity index is 2.88. The summed E-state index contributed by atoms with van der Waals surface area (Å²) in [7, 11) is 0. The molecule has 0 saturated heterocycles. The van der Waals surface area contributed by atoms with Gasteiger partial charge in [-0.3, -0.25) is 10.1 Å². The summed E-state index contributed by atoms with van der Waals surface area (Å²) in [6.07, 6.45) is 1.82. The van der Waals surface area contributed by atoms with Crippen LogP contribution in [0.3, 0.4) is 0 Å². The molecule has 0 atom stereocenters. The Labute approximate surface area is 92.7 Å². The highest BCUT2D eigenvalue weighted by molar-refractivity contribution is 6.28. The molecule has 1 aromatic heterocycles. The van der Waals surface area contributed by atoms with E-state index in [1.807, 2.05) is 13.8 Å². The summed E-state index contributed by atoms with van der Waals surface area (Å²) in [6.45, 7) is 3.85. The fraction of sp³-hybridized carbons (Fsp3) is 0.400. The molecule has 0 fully saturated rings. The zero-order chi connectivity index (χ0) is 11.4. The Bertz CT molecular complexity index is 382. The second-order valence-electron chi connectivity index (χ2n) is 3.63. The number of rotatable bonds is 4. The van der Waals surface area contributed by atoms with Gasteiger partial charge in [-0.25, -0.2) is 0 Å². The minimum atomic E-state index is -0.392.